The number of amides is 1. The van der Waals surface area contributed by atoms with Gasteiger partial charge in [0.1, 0.15) is 0 Å². The zero-order chi connectivity index (χ0) is 14.5. The summed E-state index contributed by atoms with van der Waals surface area (Å²) in [6, 6.07) is 5.49. The van der Waals surface area contributed by atoms with E-state index in [1.54, 1.807) is 12.1 Å². The second-order valence-electron chi connectivity index (χ2n) is 5.17. The average molecular weight is 292 g/mol. The second-order valence-corrected chi connectivity index (χ2v) is 6.32. The molecule has 1 N–H and O–H groups in total. The number of hydrogen-bond donors (Lipinski definition) is 1. The van der Waals surface area contributed by atoms with Crippen molar-refractivity contribution in [3.63, 3.8) is 0 Å². The van der Waals surface area contributed by atoms with Gasteiger partial charge in [0.25, 0.3) is 5.91 Å². The van der Waals surface area contributed by atoms with Gasteiger partial charge < -0.3 is 10.2 Å². The highest BCUT2D eigenvalue weighted by molar-refractivity contribution is 7.99. The number of carbonyl (C=O) groups excluding carboxylic acids is 2. The molecule has 0 aromatic heterocycles. The van der Waals surface area contributed by atoms with Crippen molar-refractivity contribution < 1.29 is 9.59 Å². The fraction of sp³-hybridized carbons (Fsp3) is 0.467. The van der Waals surface area contributed by atoms with Crippen LogP contribution in [0.5, 0.6) is 0 Å². The first kappa shape index (κ1) is 14.9. The van der Waals surface area contributed by atoms with Crippen LogP contribution in [0.3, 0.4) is 0 Å². The van der Waals surface area contributed by atoms with Crippen LogP contribution >= 0.6 is 11.8 Å². The minimum absolute atomic E-state index is 0.0918. The van der Waals surface area contributed by atoms with E-state index in [9.17, 15) is 9.59 Å². The van der Waals surface area contributed by atoms with Crippen LogP contribution in [0.4, 0.5) is 5.69 Å². The number of hydrogen-bond acceptors (Lipinski definition) is 4. The minimum atomic E-state index is -0.0918. The summed E-state index contributed by atoms with van der Waals surface area (Å²) in [6.45, 7) is 0. The molecule has 108 valence electrons. The van der Waals surface area contributed by atoms with Gasteiger partial charge in [0.05, 0.1) is 0 Å². The quantitative estimate of drug-likeness (QED) is 0.864. The molecule has 0 saturated carbocycles. The molecule has 0 radical (unpaired) electrons. The summed E-state index contributed by atoms with van der Waals surface area (Å²) in [5.74, 6) is 2.06. The van der Waals surface area contributed by atoms with Crippen molar-refractivity contribution in [2.24, 2.45) is 0 Å². The van der Waals surface area contributed by atoms with Crippen molar-refractivity contribution in [1.29, 1.82) is 0 Å². The SMILES string of the molecule is CN(C)c1ccc(C(=O)NC2CCCSC2)cc1C=O. The molecule has 1 heterocycles. The van der Waals surface area contributed by atoms with Crippen molar-refractivity contribution in [3.8, 4) is 0 Å². The molecule has 0 bridgehead atoms. The number of nitrogens with one attached hydrogen (secondary N) is 1. The van der Waals surface area contributed by atoms with Crippen LogP contribution in [0, 0.1) is 0 Å². The Labute approximate surface area is 123 Å². The smallest absolute Gasteiger partial charge is 0.251 e. The van der Waals surface area contributed by atoms with Crippen LogP contribution in [-0.2, 0) is 0 Å². The van der Waals surface area contributed by atoms with Gasteiger partial charge in [0.2, 0.25) is 0 Å². The first-order valence-electron chi connectivity index (χ1n) is 6.77. The Morgan fingerprint density at radius 1 is 1.45 bits per heavy atom. The maximum Gasteiger partial charge on any atom is 0.251 e. The van der Waals surface area contributed by atoms with Gasteiger partial charge in [-0.2, -0.15) is 11.8 Å². The summed E-state index contributed by atoms with van der Waals surface area (Å²) in [7, 11) is 3.75. The molecule has 1 aromatic rings. The van der Waals surface area contributed by atoms with E-state index in [1.807, 2.05) is 36.8 Å². The molecular formula is C15H20N2O2S. The van der Waals surface area contributed by atoms with E-state index >= 15 is 0 Å². The molecule has 2 rings (SSSR count). The molecule has 1 amide bonds. The lowest BCUT2D eigenvalue weighted by Crippen LogP contribution is -2.38. The van der Waals surface area contributed by atoms with E-state index in [0.29, 0.717) is 11.1 Å². The van der Waals surface area contributed by atoms with E-state index in [-0.39, 0.29) is 11.9 Å². The highest BCUT2D eigenvalue weighted by atomic mass is 32.2. The standard InChI is InChI=1S/C15H20N2O2S/c1-17(2)14-6-5-11(8-12(14)9-18)15(19)16-13-4-3-7-20-10-13/h5-6,8-9,13H,3-4,7,10H2,1-2H3,(H,16,19). The van der Waals surface area contributed by atoms with Crippen molar-refractivity contribution in [3.05, 3.63) is 29.3 Å². The van der Waals surface area contributed by atoms with E-state index in [4.69, 9.17) is 0 Å². The summed E-state index contributed by atoms with van der Waals surface area (Å²) < 4.78 is 0. The van der Waals surface area contributed by atoms with Crippen LogP contribution in [-0.4, -0.2) is 43.8 Å². The minimum Gasteiger partial charge on any atom is -0.377 e. The first-order chi connectivity index (χ1) is 9.61. The molecule has 1 aromatic carbocycles. The number of nitrogens with zero attached hydrogens (tertiary/aromatic N) is 1. The Kier molecular flexibility index (Phi) is 5.06. The molecule has 1 fully saturated rings. The Morgan fingerprint density at radius 2 is 2.25 bits per heavy atom. The lowest BCUT2D eigenvalue weighted by Gasteiger charge is -2.22. The van der Waals surface area contributed by atoms with E-state index < -0.39 is 0 Å². The Balaban J connectivity index is 2.11. The van der Waals surface area contributed by atoms with Gasteiger partial charge in [-0.3, -0.25) is 9.59 Å². The maximum absolute atomic E-state index is 12.2. The Bertz CT molecular complexity index is 497. The van der Waals surface area contributed by atoms with Crippen LogP contribution in [0.25, 0.3) is 0 Å². The van der Waals surface area contributed by atoms with Crippen LogP contribution in [0.15, 0.2) is 18.2 Å². The summed E-state index contributed by atoms with van der Waals surface area (Å²) in [5, 5.41) is 3.05. The number of thioether (sulfide) groups is 1. The third-order valence-electron chi connectivity index (χ3n) is 3.39. The number of carbonyl (C=O) groups is 2. The van der Waals surface area contributed by atoms with Gasteiger partial charge >= 0.3 is 0 Å². The van der Waals surface area contributed by atoms with Gasteiger partial charge in [-0.25, -0.2) is 0 Å². The van der Waals surface area contributed by atoms with Crippen molar-refractivity contribution >= 4 is 29.6 Å². The fourth-order valence-corrected chi connectivity index (χ4v) is 3.39. The first-order valence-corrected chi connectivity index (χ1v) is 7.92. The van der Waals surface area contributed by atoms with Gasteiger partial charge in [-0.05, 0) is 36.8 Å². The average Bonchev–Trinajstić information content (AvgIpc) is 2.47. The number of anilines is 1. The third-order valence-corrected chi connectivity index (χ3v) is 4.61. The molecule has 1 aliphatic rings. The zero-order valence-electron chi connectivity index (χ0n) is 11.9. The Morgan fingerprint density at radius 3 is 2.85 bits per heavy atom. The Hall–Kier alpha value is -1.49. The molecule has 0 spiro atoms. The molecular weight excluding hydrogens is 272 g/mol. The zero-order valence-corrected chi connectivity index (χ0v) is 12.7. The lowest BCUT2D eigenvalue weighted by molar-refractivity contribution is 0.0938. The number of rotatable bonds is 4. The molecule has 1 saturated heterocycles. The van der Waals surface area contributed by atoms with Crippen LogP contribution in [0.1, 0.15) is 33.6 Å². The summed E-state index contributed by atoms with van der Waals surface area (Å²) in [6.07, 6.45) is 2.98. The highest BCUT2D eigenvalue weighted by Gasteiger charge is 2.17. The van der Waals surface area contributed by atoms with Gasteiger partial charge in [-0.1, -0.05) is 0 Å². The summed E-state index contributed by atoms with van der Waals surface area (Å²) in [5.41, 5.74) is 1.92. The largest absolute Gasteiger partial charge is 0.377 e. The molecule has 1 aliphatic heterocycles. The molecule has 0 aliphatic carbocycles. The number of aldehydes is 1. The lowest BCUT2D eigenvalue weighted by atomic mass is 10.1. The topological polar surface area (TPSA) is 49.4 Å². The van der Waals surface area contributed by atoms with Crippen LogP contribution in [0.2, 0.25) is 0 Å². The summed E-state index contributed by atoms with van der Waals surface area (Å²) >= 11 is 1.88. The van der Waals surface area contributed by atoms with Crippen molar-refractivity contribution in [1.82, 2.24) is 5.32 Å². The maximum atomic E-state index is 12.2. The van der Waals surface area contributed by atoms with Crippen molar-refractivity contribution in [2.75, 3.05) is 30.5 Å². The molecule has 20 heavy (non-hydrogen) atoms. The summed E-state index contributed by atoms with van der Waals surface area (Å²) in [4.78, 5) is 25.2. The fourth-order valence-electron chi connectivity index (χ4n) is 2.32. The molecule has 4 nitrogen and oxygen atoms in total. The second kappa shape index (κ2) is 6.79. The number of benzene rings is 1. The predicted octanol–water partition coefficient (Wildman–Crippen LogP) is 2.19. The highest BCUT2D eigenvalue weighted by Crippen LogP contribution is 2.20. The van der Waals surface area contributed by atoms with Gasteiger partial charge in [0.15, 0.2) is 6.29 Å². The third kappa shape index (κ3) is 3.54. The molecule has 1 atom stereocenters. The van der Waals surface area contributed by atoms with E-state index in [2.05, 4.69) is 5.32 Å². The van der Waals surface area contributed by atoms with Crippen LogP contribution < -0.4 is 10.2 Å². The van der Waals surface area contributed by atoms with Gasteiger partial charge in [0, 0.05) is 42.7 Å². The monoisotopic (exact) mass is 292 g/mol. The predicted molar refractivity (Wildman–Crippen MR) is 84.0 cm³/mol. The van der Waals surface area contributed by atoms with Gasteiger partial charge in [-0.15, -0.1) is 0 Å². The van der Waals surface area contributed by atoms with E-state index in [0.717, 1.165) is 30.6 Å². The molecule has 5 heteroatoms. The normalized spacial score (nSPS) is 18.4. The van der Waals surface area contributed by atoms with Crippen molar-refractivity contribution in [2.45, 2.75) is 18.9 Å². The molecule has 1 unspecified atom stereocenters. The van der Waals surface area contributed by atoms with E-state index in [1.165, 1.54) is 5.75 Å².